The Morgan fingerprint density at radius 3 is 2.60 bits per heavy atom. The summed E-state index contributed by atoms with van der Waals surface area (Å²) >= 11 is 0. The first-order valence-corrected chi connectivity index (χ1v) is 6.48. The first-order chi connectivity index (χ1) is 9.46. The molecule has 20 heavy (non-hydrogen) atoms. The third kappa shape index (κ3) is 2.96. The van der Waals surface area contributed by atoms with E-state index < -0.39 is 11.8 Å². The molecule has 0 bridgehead atoms. The molecular weight excluding hydrogens is 263 g/mol. The fourth-order valence-electron chi connectivity index (χ4n) is 2.42. The number of hydrogen-bond donors (Lipinski definition) is 3. The van der Waals surface area contributed by atoms with Gasteiger partial charge in [-0.25, -0.2) is 9.18 Å². The number of anilines is 1. The Hall–Kier alpha value is -1.95. The van der Waals surface area contributed by atoms with E-state index in [-0.39, 0.29) is 29.0 Å². The molecule has 0 spiro atoms. The second-order valence-corrected chi connectivity index (χ2v) is 5.28. The monoisotopic (exact) mass is 280 g/mol. The van der Waals surface area contributed by atoms with Gasteiger partial charge in [0.1, 0.15) is 5.82 Å². The van der Waals surface area contributed by atoms with Crippen molar-refractivity contribution in [1.82, 2.24) is 0 Å². The molecule has 1 aliphatic carbocycles. The lowest BCUT2D eigenvalue weighted by Gasteiger charge is -2.40. The van der Waals surface area contributed by atoms with Gasteiger partial charge in [0.05, 0.1) is 11.3 Å². The number of hydrogen-bond acceptors (Lipinski definition) is 3. The Morgan fingerprint density at radius 1 is 1.40 bits per heavy atom. The van der Waals surface area contributed by atoms with E-state index in [2.05, 4.69) is 5.32 Å². The Morgan fingerprint density at radius 2 is 2.10 bits per heavy atom. The molecule has 0 radical (unpaired) electrons. The fraction of sp³-hybridized carbons (Fsp3) is 0.429. The second-order valence-electron chi connectivity index (χ2n) is 5.28. The van der Waals surface area contributed by atoms with Gasteiger partial charge in [-0.1, -0.05) is 6.42 Å². The maximum Gasteiger partial charge on any atom is 0.335 e. The molecule has 1 aromatic rings. The minimum Gasteiger partial charge on any atom is -0.478 e. The van der Waals surface area contributed by atoms with Gasteiger partial charge in [-0.2, -0.15) is 0 Å². The highest BCUT2D eigenvalue weighted by molar-refractivity contribution is 5.94. The highest BCUT2D eigenvalue weighted by atomic mass is 19.1. The van der Waals surface area contributed by atoms with Gasteiger partial charge in [0, 0.05) is 6.42 Å². The summed E-state index contributed by atoms with van der Waals surface area (Å²) < 4.78 is 13.6. The number of nitrogens with two attached hydrogens (primary N) is 1. The van der Waals surface area contributed by atoms with Gasteiger partial charge in [0.15, 0.2) is 0 Å². The van der Waals surface area contributed by atoms with E-state index in [1.165, 1.54) is 0 Å². The summed E-state index contributed by atoms with van der Waals surface area (Å²) in [6.07, 6.45) is 3.08. The smallest absolute Gasteiger partial charge is 0.335 e. The lowest BCUT2D eigenvalue weighted by Crippen LogP contribution is -2.40. The van der Waals surface area contributed by atoms with Gasteiger partial charge in [-0.3, -0.25) is 4.79 Å². The number of carbonyl (C=O) groups excluding carboxylic acids is 1. The van der Waals surface area contributed by atoms with Crippen LogP contribution < -0.4 is 11.1 Å². The van der Waals surface area contributed by atoms with Gasteiger partial charge in [-0.05, 0) is 43.0 Å². The molecule has 0 aliphatic heterocycles. The van der Waals surface area contributed by atoms with Gasteiger partial charge >= 0.3 is 5.97 Å². The van der Waals surface area contributed by atoms with Crippen molar-refractivity contribution in [3.8, 4) is 0 Å². The minimum atomic E-state index is -1.17. The van der Waals surface area contributed by atoms with Crippen molar-refractivity contribution >= 4 is 17.6 Å². The van der Waals surface area contributed by atoms with Crippen molar-refractivity contribution in [1.29, 1.82) is 0 Å². The zero-order chi connectivity index (χ0) is 14.8. The van der Waals surface area contributed by atoms with Crippen molar-refractivity contribution in [3.63, 3.8) is 0 Å². The number of carboxylic acid groups (broad SMARTS) is 1. The summed E-state index contributed by atoms with van der Waals surface area (Å²) in [5.74, 6) is -2.16. The van der Waals surface area contributed by atoms with Crippen LogP contribution in [0.25, 0.3) is 0 Å². The molecule has 2 rings (SSSR count). The summed E-state index contributed by atoms with van der Waals surface area (Å²) in [6.45, 7) is 0.429. The number of aromatic carboxylic acids is 1. The summed E-state index contributed by atoms with van der Waals surface area (Å²) in [7, 11) is 0. The number of nitrogens with one attached hydrogen (secondary N) is 1. The van der Waals surface area contributed by atoms with E-state index in [0.29, 0.717) is 6.54 Å². The summed E-state index contributed by atoms with van der Waals surface area (Å²) in [4.78, 5) is 22.8. The molecule has 4 N–H and O–H groups in total. The maximum atomic E-state index is 13.6. The van der Waals surface area contributed by atoms with Crippen LogP contribution in [0.2, 0.25) is 0 Å². The minimum absolute atomic E-state index is 0.0705. The average Bonchev–Trinajstić information content (AvgIpc) is 2.36. The van der Waals surface area contributed by atoms with Crippen molar-refractivity contribution < 1.29 is 19.1 Å². The van der Waals surface area contributed by atoms with Crippen LogP contribution >= 0.6 is 0 Å². The Bertz CT molecular complexity index is 536. The van der Waals surface area contributed by atoms with Crippen LogP contribution in [0.4, 0.5) is 10.1 Å². The van der Waals surface area contributed by atoms with Crippen LogP contribution in [0, 0.1) is 11.2 Å². The maximum absolute atomic E-state index is 13.6. The fourth-order valence-corrected chi connectivity index (χ4v) is 2.42. The molecule has 0 atom stereocenters. The van der Waals surface area contributed by atoms with Crippen molar-refractivity contribution in [2.45, 2.75) is 25.7 Å². The van der Waals surface area contributed by atoms with E-state index in [9.17, 15) is 14.0 Å². The average molecular weight is 280 g/mol. The summed E-state index contributed by atoms with van der Waals surface area (Å²) in [5.41, 5.74) is 5.32. The van der Waals surface area contributed by atoms with Crippen LogP contribution in [-0.4, -0.2) is 23.5 Å². The standard InChI is InChI=1S/C14H17FN2O3/c15-10-3-2-9(13(19)20)6-11(10)17-12(18)7-14(8-16)4-1-5-14/h2-3,6H,1,4-5,7-8,16H2,(H,17,18)(H,19,20). The molecule has 1 fully saturated rings. The lowest BCUT2D eigenvalue weighted by atomic mass is 9.66. The Labute approximate surface area is 116 Å². The third-order valence-corrected chi connectivity index (χ3v) is 3.87. The van der Waals surface area contributed by atoms with Crippen LogP contribution in [0.15, 0.2) is 18.2 Å². The number of halogens is 1. The normalized spacial score (nSPS) is 16.3. The van der Waals surface area contributed by atoms with E-state index >= 15 is 0 Å². The van der Waals surface area contributed by atoms with Crippen molar-refractivity contribution in [2.24, 2.45) is 11.1 Å². The van der Waals surface area contributed by atoms with Crippen molar-refractivity contribution in [3.05, 3.63) is 29.6 Å². The highest BCUT2D eigenvalue weighted by Crippen LogP contribution is 2.43. The van der Waals surface area contributed by atoms with Crippen LogP contribution in [-0.2, 0) is 4.79 Å². The Kier molecular flexibility index (Phi) is 4.04. The van der Waals surface area contributed by atoms with E-state index in [1.54, 1.807) is 0 Å². The molecule has 0 saturated heterocycles. The third-order valence-electron chi connectivity index (χ3n) is 3.87. The molecule has 5 nitrogen and oxygen atoms in total. The zero-order valence-corrected chi connectivity index (χ0v) is 11.0. The Balaban J connectivity index is 2.07. The molecule has 0 heterocycles. The molecule has 0 unspecified atom stereocenters. The van der Waals surface area contributed by atoms with E-state index in [4.69, 9.17) is 10.8 Å². The SMILES string of the molecule is NCC1(CC(=O)Nc2cc(C(=O)O)ccc2F)CCC1. The first kappa shape index (κ1) is 14.5. The van der Waals surface area contributed by atoms with Gasteiger partial charge < -0.3 is 16.2 Å². The number of carboxylic acids is 1. The zero-order valence-electron chi connectivity index (χ0n) is 11.0. The van der Waals surface area contributed by atoms with E-state index in [0.717, 1.165) is 37.5 Å². The number of rotatable bonds is 5. The first-order valence-electron chi connectivity index (χ1n) is 6.48. The predicted octanol–water partition coefficient (Wildman–Crippen LogP) is 1.98. The predicted molar refractivity (Wildman–Crippen MR) is 71.9 cm³/mol. The van der Waals surface area contributed by atoms with Crippen LogP contribution in [0.5, 0.6) is 0 Å². The molecule has 108 valence electrons. The second kappa shape index (κ2) is 5.58. The topological polar surface area (TPSA) is 92.4 Å². The number of benzene rings is 1. The molecule has 6 heteroatoms. The van der Waals surface area contributed by atoms with E-state index in [1.807, 2.05) is 0 Å². The van der Waals surface area contributed by atoms with Crippen molar-refractivity contribution in [2.75, 3.05) is 11.9 Å². The van der Waals surface area contributed by atoms with Crippen LogP contribution in [0.1, 0.15) is 36.0 Å². The molecular formula is C14H17FN2O3. The number of carbonyl (C=O) groups is 2. The molecule has 1 saturated carbocycles. The highest BCUT2D eigenvalue weighted by Gasteiger charge is 2.37. The molecule has 1 amide bonds. The van der Waals surface area contributed by atoms with Crippen LogP contribution in [0.3, 0.4) is 0 Å². The molecule has 1 aliphatic rings. The van der Waals surface area contributed by atoms with Gasteiger partial charge in [-0.15, -0.1) is 0 Å². The van der Waals surface area contributed by atoms with Gasteiger partial charge in [0.2, 0.25) is 5.91 Å². The summed E-state index contributed by atoms with van der Waals surface area (Å²) in [6, 6.07) is 3.30. The molecule has 1 aromatic carbocycles. The summed E-state index contributed by atoms with van der Waals surface area (Å²) in [5, 5.41) is 11.3. The lowest BCUT2D eigenvalue weighted by molar-refractivity contribution is -0.119. The quantitative estimate of drug-likeness (QED) is 0.769. The van der Waals surface area contributed by atoms with Gasteiger partial charge in [0.25, 0.3) is 0 Å². The largest absolute Gasteiger partial charge is 0.478 e. The molecule has 0 aromatic heterocycles. The number of amides is 1.